The van der Waals surface area contributed by atoms with Crippen molar-refractivity contribution in [1.29, 1.82) is 0 Å². The quantitative estimate of drug-likeness (QED) is 0.212. The normalized spacial score (nSPS) is 19.1. The van der Waals surface area contributed by atoms with Crippen LogP contribution in [0.5, 0.6) is 0 Å². The van der Waals surface area contributed by atoms with Gasteiger partial charge in [0.25, 0.3) is 11.6 Å². The smallest absolute Gasteiger partial charge is 0.269 e. The van der Waals surface area contributed by atoms with E-state index in [9.17, 15) is 14.9 Å². The van der Waals surface area contributed by atoms with Crippen molar-refractivity contribution < 1.29 is 14.1 Å². The highest BCUT2D eigenvalue weighted by Gasteiger charge is 2.39. The fourth-order valence-corrected chi connectivity index (χ4v) is 5.44. The zero-order valence-corrected chi connectivity index (χ0v) is 20.2. The van der Waals surface area contributed by atoms with Crippen molar-refractivity contribution in [3.05, 3.63) is 80.7 Å². The molecule has 0 atom stereocenters. The van der Waals surface area contributed by atoms with Crippen LogP contribution in [0.1, 0.15) is 37.9 Å². The third kappa shape index (κ3) is 5.01. The van der Waals surface area contributed by atoms with Gasteiger partial charge in [0, 0.05) is 42.2 Å². The lowest BCUT2D eigenvalue weighted by molar-refractivity contribution is -0.384. The fraction of sp³-hybridized carbons (Fsp3) is 0.240. The van der Waals surface area contributed by atoms with E-state index in [2.05, 4.69) is 4.98 Å². The predicted molar refractivity (Wildman–Crippen MR) is 136 cm³/mol. The van der Waals surface area contributed by atoms with Crippen LogP contribution >= 0.6 is 23.4 Å². The van der Waals surface area contributed by atoms with Crippen LogP contribution in [0.15, 0.2) is 69.2 Å². The van der Waals surface area contributed by atoms with Gasteiger partial charge in [-0.15, -0.1) is 0 Å². The van der Waals surface area contributed by atoms with E-state index < -0.39 is 4.92 Å². The van der Waals surface area contributed by atoms with E-state index in [-0.39, 0.29) is 17.6 Å². The number of hydrogen-bond donors (Lipinski definition) is 0. The lowest BCUT2D eigenvalue weighted by Gasteiger charge is -2.30. The summed E-state index contributed by atoms with van der Waals surface area (Å²) < 4.78 is 5.93. The van der Waals surface area contributed by atoms with Gasteiger partial charge in [0.15, 0.2) is 5.17 Å². The van der Waals surface area contributed by atoms with Crippen molar-refractivity contribution in [2.75, 3.05) is 0 Å². The summed E-state index contributed by atoms with van der Waals surface area (Å²) in [6.07, 6.45) is 10.1. The van der Waals surface area contributed by atoms with Gasteiger partial charge in [0.2, 0.25) is 0 Å². The van der Waals surface area contributed by atoms with Gasteiger partial charge in [-0.05, 0) is 54.9 Å². The zero-order valence-electron chi connectivity index (χ0n) is 18.6. The molecule has 3 heterocycles. The summed E-state index contributed by atoms with van der Waals surface area (Å²) in [5.74, 6) is 0.976. The molecule has 3 aromatic rings. The van der Waals surface area contributed by atoms with E-state index in [4.69, 9.17) is 21.0 Å². The van der Waals surface area contributed by atoms with Crippen LogP contribution in [0.25, 0.3) is 17.4 Å². The van der Waals surface area contributed by atoms with Gasteiger partial charge in [0.05, 0.1) is 20.5 Å². The summed E-state index contributed by atoms with van der Waals surface area (Å²) in [4.78, 5) is 35.0. The average Bonchev–Trinajstić information content (AvgIpc) is 3.46. The number of carbonyl (C=O) groups excluding carboxylic acids is 1. The molecule has 1 saturated heterocycles. The number of rotatable bonds is 5. The number of pyridine rings is 1. The van der Waals surface area contributed by atoms with Crippen LogP contribution in [-0.2, 0) is 4.79 Å². The van der Waals surface area contributed by atoms with Crippen LogP contribution in [0, 0.1) is 10.1 Å². The van der Waals surface area contributed by atoms with E-state index in [0.29, 0.717) is 37.9 Å². The van der Waals surface area contributed by atoms with E-state index in [1.807, 2.05) is 0 Å². The first-order valence-electron chi connectivity index (χ1n) is 11.3. The van der Waals surface area contributed by atoms with Gasteiger partial charge in [0.1, 0.15) is 11.5 Å². The maximum atomic E-state index is 13.5. The first-order chi connectivity index (χ1) is 17.0. The Morgan fingerprint density at radius 1 is 1.14 bits per heavy atom. The first-order valence-corrected chi connectivity index (χ1v) is 12.4. The molecule has 2 aliphatic rings. The van der Waals surface area contributed by atoms with Crippen LogP contribution in [0.2, 0.25) is 5.02 Å². The topological polar surface area (TPSA) is 102 Å². The molecule has 1 amide bonds. The van der Waals surface area contributed by atoms with E-state index in [1.54, 1.807) is 47.5 Å². The molecule has 35 heavy (non-hydrogen) atoms. The number of nitrogens with zero attached hydrogens (tertiary/aromatic N) is 4. The van der Waals surface area contributed by atoms with Crippen molar-refractivity contribution in [2.24, 2.45) is 4.99 Å². The number of halogens is 1. The highest BCUT2D eigenvalue weighted by atomic mass is 35.5. The minimum absolute atomic E-state index is 0.0134. The minimum Gasteiger partial charge on any atom is -0.457 e. The van der Waals surface area contributed by atoms with Crippen molar-refractivity contribution in [1.82, 2.24) is 9.88 Å². The van der Waals surface area contributed by atoms with Gasteiger partial charge in [-0.3, -0.25) is 24.8 Å². The Labute approximate surface area is 210 Å². The van der Waals surface area contributed by atoms with Crippen LogP contribution in [0.4, 0.5) is 11.4 Å². The Morgan fingerprint density at radius 2 is 1.91 bits per heavy atom. The van der Waals surface area contributed by atoms with Crippen LogP contribution in [0.3, 0.4) is 0 Å². The van der Waals surface area contributed by atoms with Crippen LogP contribution in [-0.4, -0.2) is 31.9 Å². The molecule has 1 aromatic carbocycles. The number of furan rings is 1. The Kier molecular flexibility index (Phi) is 6.70. The third-order valence-corrected chi connectivity index (χ3v) is 7.28. The largest absolute Gasteiger partial charge is 0.457 e. The number of benzene rings is 1. The molecule has 1 aliphatic heterocycles. The average molecular weight is 509 g/mol. The molecular formula is C25H21ClN4O4S. The molecule has 5 rings (SSSR count). The third-order valence-electron chi connectivity index (χ3n) is 6.01. The second-order valence-corrected chi connectivity index (χ2v) is 9.72. The first kappa shape index (κ1) is 23.3. The van der Waals surface area contributed by atoms with Crippen molar-refractivity contribution in [3.63, 3.8) is 0 Å². The Balaban J connectivity index is 1.45. The summed E-state index contributed by atoms with van der Waals surface area (Å²) in [5.41, 5.74) is 1.29. The molecule has 0 radical (unpaired) electrons. The molecule has 1 aliphatic carbocycles. The molecule has 0 unspecified atom stereocenters. The fourth-order valence-electron chi connectivity index (χ4n) is 4.25. The maximum absolute atomic E-state index is 13.5. The molecule has 0 N–H and O–H groups in total. The standard InChI is InChI=1S/C25H21ClN4O4S/c26-20-15-27-13-12-21(20)28-25-29(17-4-2-1-3-5-17)24(31)23(35-25)14-19-10-11-22(34-19)16-6-8-18(9-7-16)30(32)33/h6-15,17H,1-5H2/b23-14+,28-25?. The summed E-state index contributed by atoms with van der Waals surface area (Å²) in [7, 11) is 0. The zero-order chi connectivity index (χ0) is 24.4. The second-order valence-electron chi connectivity index (χ2n) is 8.31. The van der Waals surface area contributed by atoms with Gasteiger partial charge in [-0.1, -0.05) is 30.9 Å². The van der Waals surface area contributed by atoms with Gasteiger partial charge < -0.3 is 4.42 Å². The molecule has 178 valence electrons. The Morgan fingerprint density at radius 3 is 2.63 bits per heavy atom. The van der Waals surface area contributed by atoms with Gasteiger partial charge in [-0.2, -0.15) is 0 Å². The summed E-state index contributed by atoms with van der Waals surface area (Å²) in [6, 6.07) is 11.5. The number of aliphatic imine (C=N–C) groups is 1. The van der Waals surface area contributed by atoms with E-state index in [1.165, 1.54) is 36.5 Å². The molecule has 0 spiro atoms. The van der Waals surface area contributed by atoms with Crippen molar-refractivity contribution in [3.8, 4) is 11.3 Å². The SMILES string of the molecule is O=C1/C(=C\c2ccc(-c3ccc([N+](=O)[O-])cc3)o2)SC(=Nc2ccncc2Cl)N1C1CCCCC1. The second kappa shape index (κ2) is 10.1. The lowest BCUT2D eigenvalue weighted by Crippen LogP contribution is -2.40. The molecule has 10 heteroatoms. The summed E-state index contributed by atoms with van der Waals surface area (Å²) >= 11 is 7.58. The number of hydrogen-bond acceptors (Lipinski definition) is 7. The molecule has 1 saturated carbocycles. The number of carbonyl (C=O) groups is 1. The minimum atomic E-state index is -0.443. The summed E-state index contributed by atoms with van der Waals surface area (Å²) in [5, 5.41) is 11.9. The van der Waals surface area contributed by atoms with E-state index >= 15 is 0 Å². The van der Waals surface area contributed by atoms with Gasteiger partial charge >= 0.3 is 0 Å². The predicted octanol–water partition coefficient (Wildman–Crippen LogP) is 6.84. The number of nitro benzene ring substituents is 1. The van der Waals surface area contributed by atoms with Crippen molar-refractivity contribution in [2.45, 2.75) is 38.1 Å². The highest BCUT2D eigenvalue weighted by molar-refractivity contribution is 8.18. The van der Waals surface area contributed by atoms with Crippen molar-refractivity contribution >= 4 is 51.9 Å². The number of aromatic nitrogens is 1. The molecule has 0 bridgehead atoms. The molecule has 2 aromatic heterocycles. The van der Waals surface area contributed by atoms with E-state index in [0.717, 1.165) is 25.7 Å². The Bertz CT molecular complexity index is 1330. The summed E-state index contributed by atoms with van der Waals surface area (Å²) in [6.45, 7) is 0. The highest BCUT2D eigenvalue weighted by Crippen LogP contribution is 2.39. The maximum Gasteiger partial charge on any atom is 0.269 e. The Hall–Kier alpha value is -3.43. The molecule has 8 nitrogen and oxygen atoms in total. The molecular weight excluding hydrogens is 488 g/mol. The monoisotopic (exact) mass is 508 g/mol. The molecule has 2 fully saturated rings. The number of thioether (sulfide) groups is 1. The lowest BCUT2D eigenvalue weighted by atomic mass is 9.94. The van der Waals surface area contributed by atoms with Crippen LogP contribution < -0.4 is 0 Å². The number of non-ortho nitro benzene ring substituents is 1. The number of amides is 1. The number of nitro groups is 1. The number of amidine groups is 1. The van der Waals surface area contributed by atoms with Gasteiger partial charge in [-0.25, -0.2) is 4.99 Å².